The van der Waals surface area contributed by atoms with Gasteiger partial charge in [-0.15, -0.1) is 0 Å². The van der Waals surface area contributed by atoms with Crippen molar-refractivity contribution in [2.75, 3.05) is 36.4 Å². The summed E-state index contributed by atoms with van der Waals surface area (Å²) in [6, 6.07) is 11.8. The average Bonchev–Trinajstić information content (AvgIpc) is 2.80. The van der Waals surface area contributed by atoms with E-state index in [1.54, 1.807) is 22.9 Å². The van der Waals surface area contributed by atoms with Crippen LogP contribution in [0.5, 0.6) is 0 Å². The van der Waals surface area contributed by atoms with Gasteiger partial charge in [0.25, 0.3) is 5.56 Å². The number of nitrogens with zero attached hydrogens (tertiary/aromatic N) is 4. The van der Waals surface area contributed by atoms with Crippen molar-refractivity contribution in [3.63, 3.8) is 0 Å². The molecule has 30 heavy (non-hydrogen) atoms. The summed E-state index contributed by atoms with van der Waals surface area (Å²) in [5.41, 5.74) is 2.80. The van der Waals surface area contributed by atoms with Gasteiger partial charge in [-0.05, 0) is 49.6 Å². The molecule has 5 rings (SSSR count). The van der Waals surface area contributed by atoms with Crippen LogP contribution in [0.25, 0.3) is 11.0 Å². The molecule has 1 saturated heterocycles. The molecule has 3 aromatic rings. The Morgan fingerprint density at radius 1 is 1.07 bits per heavy atom. The fraction of sp³-hybridized carbons (Fsp3) is 0.348. The molecule has 0 bridgehead atoms. The largest absolute Gasteiger partial charge is 0.369 e. The molecule has 0 spiro atoms. The molecule has 0 amide bonds. The topological polar surface area (TPSA) is 75.1 Å². The standard InChI is InChI=1S/C23H26N6O/c30-21-11-6-17-16-25-23(27-22(17)29(21)20-4-2-1-3-5-20)26-18-7-9-19(10-8-18)28-14-12-24-13-15-28/h2,4,6-11,16,20,24H,1,3,5,12-15H2,(H,25,26,27). The number of fused-ring (bicyclic) bond motifs is 1. The molecule has 2 aliphatic rings. The van der Waals surface area contributed by atoms with Gasteiger partial charge in [-0.2, -0.15) is 4.98 Å². The lowest BCUT2D eigenvalue weighted by Crippen LogP contribution is -2.43. The van der Waals surface area contributed by atoms with Gasteiger partial charge in [-0.3, -0.25) is 9.36 Å². The molecule has 0 radical (unpaired) electrons. The number of piperazine rings is 1. The number of anilines is 3. The summed E-state index contributed by atoms with van der Waals surface area (Å²) in [6.45, 7) is 4.08. The van der Waals surface area contributed by atoms with Gasteiger partial charge in [0, 0.05) is 55.2 Å². The van der Waals surface area contributed by atoms with E-state index < -0.39 is 0 Å². The van der Waals surface area contributed by atoms with Crippen molar-refractivity contribution in [1.82, 2.24) is 19.9 Å². The Bertz CT molecular complexity index is 1110. The number of rotatable bonds is 4. The van der Waals surface area contributed by atoms with E-state index in [4.69, 9.17) is 4.98 Å². The lowest BCUT2D eigenvalue weighted by Gasteiger charge is -2.29. The second-order valence-electron chi connectivity index (χ2n) is 7.85. The average molecular weight is 403 g/mol. The van der Waals surface area contributed by atoms with E-state index in [1.165, 1.54) is 5.69 Å². The van der Waals surface area contributed by atoms with Crippen LogP contribution in [0.1, 0.15) is 25.3 Å². The van der Waals surface area contributed by atoms with E-state index in [0.29, 0.717) is 11.6 Å². The van der Waals surface area contributed by atoms with Gasteiger partial charge in [0.05, 0.1) is 6.04 Å². The first-order valence-corrected chi connectivity index (χ1v) is 10.7. The van der Waals surface area contributed by atoms with Crippen LogP contribution in [-0.4, -0.2) is 40.7 Å². The molecule has 0 saturated carbocycles. The second kappa shape index (κ2) is 8.28. The van der Waals surface area contributed by atoms with E-state index in [2.05, 4.69) is 44.8 Å². The van der Waals surface area contributed by atoms with Crippen molar-refractivity contribution in [2.24, 2.45) is 0 Å². The molecule has 1 fully saturated rings. The maximum atomic E-state index is 12.6. The van der Waals surface area contributed by atoms with Crippen molar-refractivity contribution in [1.29, 1.82) is 0 Å². The second-order valence-corrected chi connectivity index (χ2v) is 7.85. The Morgan fingerprint density at radius 2 is 1.90 bits per heavy atom. The number of hydrogen-bond donors (Lipinski definition) is 2. The first-order valence-electron chi connectivity index (χ1n) is 10.7. The summed E-state index contributed by atoms with van der Waals surface area (Å²) in [6.07, 6.45) is 9.16. The van der Waals surface area contributed by atoms with E-state index in [-0.39, 0.29) is 11.6 Å². The molecule has 1 aromatic carbocycles. The highest BCUT2D eigenvalue weighted by Crippen LogP contribution is 2.25. The van der Waals surface area contributed by atoms with Crippen LogP contribution >= 0.6 is 0 Å². The molecule has 2 aromatic heterocycles. The zero-order chi connectivity index (χ0) is 20.3. The van der Waals surface area contributed by atoms with Gasteiger partial charge >= 0.3 is 0 Å². The van der Waals surface area contributed by atoms with Gasteiger partial charge in [0.1, 0.15) is 5.65 Å². The highest BCUT2D eigenvalue weighted by molar-refractivity contribution is 5.76. The first-order chi connectivity index (χ1) is 14.8. The van der Waals surface area contributed by atoms with Crippen molar-refractivity contribution >= 4 is 28.4 Å². The van der Waals surface area contributed by atoms with Gasteiger partial charge < -0.3 is 15.5 Å². The summed E-state index contributed by atoms with van der Waals surface area (Å²) in [7, 11) is 0. The maximum Gasteiger partial charge on any atom is 0.252 e. The number of aromatic nitrogens is 3. The third-order valence-electron chi connectivity index (χ3n) is 5.83. The SMILES string of the molecule is O=c1ccc2cnc(Nc3ccc(N4CCNCC4)cc3)nc2n1C1C=CCCC1. The molecule has 7 nitrogen and oxygen atoms in total. The normalized spacial score (nSPS) is 19.2. The minimum Gasteiger partial charge on any atom is -0.369 e. The molecular weight excluding hydrogens is 376 g/mol. The van der Waals surface area contributed by atoms with Crippen LogP contribution in [0.3, 0.4) is 0 Å². The lowest BCUT2D eigenvalue weighted by atomic mass is 10.0. The van der Waals surface area contributed by atoms with Gasteiger partial charge in [0.15, 0.2) is 0 Å². The minimum absolute atomic E-state index is 0.0240. The Balaban J connectivity index is 1.43. The summed E-state index contributed by atoms with van der Waals surface area (Å²) >= 11 is 0. The smallest absolute Gasteiger partial charge is 0.252 e. The summed E-state index contributed by atoms with van der Waals surface area (Å²) in [5.74, 6) is 0.497. The Kier molecular flexibility index (Phi) is 5.19. The maximum absolute atomic E-state index is 12.6. The van der Waals surface area contributed by atoms with Gasteiger partial charge in [-0.25, -0.2) is 4.98 Å². The molecule has 2 N–H and O–H groups in total. The fourth-order valence-electron chi connectivity index (χ4n) is 4.24. The van der Waals surface area contributed by atoms with Crippen LogP contribution in [0, 0.1) is 0 Å². The summed E-state index contributed by atoms with van der Waals surface area (Å²) in [5, 5.41) is 7.53. The Morgan fingerprint density at radius 3 is 2.67 bits per heavy atom. The predicted octanol–water partition coefficient (Wildman–Crippen LogP) is 3.23. The zero-order valence-corrected chi connectivity index (χ0v) is 16.9. The van der Waals surface area contributed by atoms with Gasteiger partial charge in [0.2, 0.25) is 5.95 Å². The molecule has 1 atom stereocenters. The van der Waals surface area contributed by atoms with E-state index in [0.717, 1.165) is 56.5 Å². The van der Waals surface area contributed by atoms with Crippen LogP contribution < -0.4 is 21.1 Å². The summed E-state index contributed by atoms with van der Waals surface area (Å²) in [4.78, 5) is 24.2. The van der Waals surface area contributed by atoms with E-state index >= 15 is 0 Å². The van der Waals surface area contributed by atoms with Gasteiger partial charge in [-0.1, -0.05) is 12.2 Å². The van der Waals surface area contributed by atoms with Crippen molar-refractivity contribution < 1.29 is 0 Å². The first kappa shape index (κ1) is 18.8. The number of allylic oxidation sites excluding steroid dienone is 2. The lowest BCUT2D eigenvalue weighted by molar-refractivity contribution is 0.515. The van der Waals surface area contributed by atoms with E-state index in [1.807, 2.05) is 12.1 Å². The minimum atomic E-state index is -0.0240. The highest BCUT2D eigenvalue weighted by atomic mass is 16.1. The zero-order valence-electron chi connectivity index (χ0n) is 16.9. The van der Waals surface area contributed by atoms with E-state index in [9.17, 15) is 4.79 Å². The Labute approximate surface area is 175 Å². The number of benzene rings is 1. The number of hydrogen-bond acceptors (Lipinski definition) is 6. The quantitative estimate of drug-likeness (QED) is 0.653. The number of nitrogens with one attached hydrogen (secondary N) is 2. The molecule has 1 unspecified atom stereocenters. The molecule has 1 aliphatic carbocycles. The van der Waals surface area contributed by atoms with Crippen molar-refractivity contribution in [3.05, 3.63) is 65.1 Å². The molecule has 3 heterocycles. The third-order valence-corrected chi connectivity index (χ3v) is 5.83. The van der Waals surface area contributed by atoms with Crippen LogP contribution in [0.2, 0.25) is 0 Å². The molecule has 1 aliphatic heterocycles. The van der Waals surface area contributed by atoms with Crippen molar-refractivity contribution in [3.8, 4) is 0 Å². The molecule has 7 heteroatoms. The van der Waals surface area contributed by atoms with Crippen LogP contribution in [0.4, 0.5) is 17.3 Å². The highest BCUT2D eigenvalue weighted by Gasteiger charge is 2.16. The Hall–Kier alpha value is -3.19. The van der Waals surface area contributed by atoms with Crippen LogP contribution in [0.15, 0.2) is 59.5 Å². The monoisotopic (exact) mass is 402 g/mol. The summed E-state index contributed by atoms with van der Waals surface area (Å²) < 4.78 is 1.80. The third kappa shape index (κ3) is 3.80. The van der Waals surface area contributed by atoms with Crippen LogP contribution in [-0.2, 0) is 0 Å². The molecule has 154 valence electrons. The van der Waals surface area contributed by atoms with Crippen molar-refractivity contribution in [2.45, 2.75) is 25.3 Å². The molecular formula is C23H26N6O. The fourth-order valence-corrected chi connectivity index (χ4v) is 4.24. The number of pyridine rings is 1. The predicted molar refractivity (Wildman–Crippen MR) is 121 cm³/mol.